The standard InChI is InChI=1S/C14H15N3O2/c1-9-7-13(19-17-9)14(18)16-12-4-2-3-10-5-6-15-8-11(10)12/h2-4,7,15H,5-6,8H2,1H3,(H,16,18). The highest BCUT2D eigenvalue weighted by Crippen LogP contribution is 2.23. The predicted octanol–water partition coefficient (Wildman–Crippen LogP) is 1.88. The Morgan fingerprint density at radius 2 is 2.37 bits per heavy atom. The summed E-state index contributed by atoms with van der Waals surface area (Å²) in [6, 6.07) is 7.60. The highest BCUT2D eigenvalue weighted by Gasteiger charge is 2.16. The number of hydrogen-bond donors (Lipinski definition) is 2. The third-order valence-electron chi connectivity index (χ3n) is 3.25. The molecule has 0 spiro atoms. The molecule has 19 heavy (non-hydrogen) atoms. The molecular weight excluding hydrogens is 242 g/mol. The Morgan fingerprint density at radius 1 is 1.47 bits per heavy atom. The van der Waals surface area contributed by atoms with Crippen molar-refractivity contribution in [1.82, 2.24) is 10.5 Å². The van der Waals surface area contributed by atoms with Gasteiger partial charge < -0.3 is 15.2 Å². The lowest BCUT2D eigenvalue weighted by Crippen LogP contribution is -2.25. The number of nitrogens with zero attached hydrogens (tertiary/aromatic N) is 1. The third kappa shape index (κ3) is 2.37. The van der Waals surface area contributed by atoms with Gasteiger partial charge in [0.2, 0.25) is 5.76 Å². The van der Waals surface area contributed by atoms with Crippen molar-refractivity contribution in [2.45, 2.75) is 19.9 Å². The maximum atomic E-state index is 12.0. The summed E-state index contributed by atoms with van der Waals surface area (Å²) in [6.45, 7) is 3.54. The number of anilines is 1. The molecule has 5 nitrogen and oxygen atoms in total. The number of amides is 1. The Hall–Kier alpha value is -2.14. The molecule has 0 saturated carbocycles. The van der Waals surface area contributed by atoms with Gasteiger partial charge in [-0.15, -0.1) is 0 Å². The molecule has 3 rings (SSSR count). The highest BCUT2D eigenvalue weighted by atomic mass is 16.5. The molecule has 0 bridgehead atoms. The molecule has 0 radical (unpaired) electrons. The predicted molar refractivity (Wildman–Crippen MR) is 71.0 cm³/mol. The topological polar surface area (TPSA) is 67.2 Å². The Labute approximate surface area is 111 Å². The summed E-state index contributed by atoms with van der Waals surface area (Å²) in [5.74, 6) is -0.0292. The number of nitrogens with one attached hydrogen (secondary N) is 2. The summed E-state index contributed by atoms with van der Waals surface area (Å²) in [5, 5.41) is 9.92. The van der Waals surface area contributed by atoms with E-state index in [9.17, 15) is 4.79 Å². The first-order valence-corrected chi connectivity index (χ1v) is 6.30. The molecule has 1 aliphatic rings. The minimum absolute atomic E-state index is 0.235. The van der Waals surface area contributed by atoms with E-state index in [0.717, 1.165) is 30.8 Å². The van der Waals surface area contributed by atoms with Crippen molar-refractivity contribution < 1.29 is 9.32 Å². The minimum Gasteiger partial charge on any atom is -0.351 e. The summed E-state index contributed by atoms with van der Waals surface area (Å²) in [4.78, 5) is 12.0. The quantitative estimate of drug-likeness (QED) is 0.862. The molecule has 0 atom stereocenters. The van der Waals surface area contributed by atoms with Crippen LogP contribution in [0.5, 0.6) is 0 Å². The monoisotopic (exact) mass is 257 g/mol. The number of fused-ring (bicyclic) bond motifs is 1. The van der Waals surface area contributed by atoms with Gasteiger partial charge in [-0.2, -0.15) is 0 Å². The van der Waals surface area contributed by atoms with Gasteiger partial charge in [-0.1, -0.05) is 17.3 Å². The number of aryl methyl sites for hydroxylation is 1. The molecule has 0 aliphatic carbocycles. The van der Waals surface area contributed by atoms with Crippen LogP contribution in [0.4, 0.5) is 5.69 Å². The van der Waals surface area contributed by atoms with Crippen LogP contribution in [0.2, 0.25) is 0 Å². The van der Waals surface area contributed by atoms with Crippen molar-refractivity contribution >= 4 is 11.6 Å². The second-order valence-electron chi connectivity index (χ2n) is 4.66. The van der Waals surface area contributed by atoms with Crippen molar-refractivity contribution in [2.75, 3.05) is 11.9 Å². The molecule has 2 aromatic rings. The maximum Gasteiger partial charge on any atom is 0.294 e. The third-order valence-corrected chi connectivity index (χ3v) is 3.25. The van der Waals surface area contributed by atoms with Crippen LogP contribution in [0.25, 0.3) is 0 Å². The average Bonchev–Trinajstić information content (AvgIpc) is 2.86. The first-order chi connectivity index (χ1) is 9.24. The summed E-state index contributed by atoms with van der Waals surface area (Å²) in [6.07, 6.45) is 0.987. The zero-order chi connectivity index (χ0) is 13.2. The van der Waals surface area contributed by atoms with Crippen molar-refractivity contribution in [2.24, 2.45) is 0 Å². The second-order valence-corrected chi connectivity index (χ2v) is 4.66. The Bertz CT molecular complexity index is 619. The van der Waals surface area contributed by atoms with E-state index in [-0.39, 0.29) is 11.7 Å². The molecule has 2 N–H and O–H groups in total. The maximum absolute atomic E-state index is 12.0. The van der Waals surface area contributed by atoms with Gasteiger partial charge in [0.15, 0.2) is 0 Å². The van der Waals surface area contributed by atoms with Crippen molar-refractivity contribution in [3.05, 3.63) is 46.8 Å². The van der Waals surface area contributed by atoms with Gasteiger partial charge in [-0.3, -0.25) is 4.79 Å². The molecule has 2 heterocycles. The van der Waals surface area contributed by atoms with Crippen LogP contribution in [-0.2, 0) is 13.0 Å². The fourth-order valence-electron chi connectivity index (χ4n) is 2.29. The van der Waals surface area contributed by atoms with E-state index in [4.69, 9.17) is 4.52 Å². The van der Waals surface area contributed by atoms with Gasteiger partial charge in [0, 0.05) is 18.3 Å². The number of carbonyl (C=O) groups excluding carboxylic acids is 1. The molecule has 1 aliphatic heterocycles. The van der Waals surface area contributed by atoms with Crippen LogP contribution >= 0.6 is 0 Å². The lowest BCUT2D eigenvalue weighted by atomic mass is 9.99. The first kappa shape index (κ1) is 11.9. The van der Waals surface area contributed by atoms with Gasteiger partial charge in [-0.05, 0) is 37.1 Å². The first-order valence-electron chi connectivity index (χ1n) is 6.30. The van der Waals surface area contributed by atoms with Crippen LogP contribution in [0, 0.1) is 6.92 Å². The Balaban J connectivity index is 1.85. The van der Waals surface area contributed by atoms with E-state index < -0.39 is 0 Å². The summed E-state index contributed by atoms with van der Waals surface area (Å²) >= 11 is 0. The normalized spacial score (nSPS) is 13.9. The van der Waals surface area contributed by atoms with Crippen LogP contribution in [-0.4, -0.2) is 17.6 Å². The van der Waals surface area contributed by atoms with Crippen LogP contribution < -0.4 is 10.6 Å². The van der Waals surface area contributed by atoms with Gasteiger partial charge in [0.1, 0.15) is 0 Å². The smallest absolute Gasteiger partial charge is 0.294 e. The van der Waals surface area contributed by atoms with Crippen molar-refractivity contribution in [3.63, 3.8) is 0 Å². The number of aromatic nitrogens is 1. The van der Waals surface area contributed by atoms with Crippen LogP contribution in [0.15, 0.2) is 28.8 Å². The highest BCUT2D eigenvalue weighted by molar-refractivity contribution is 6.02. The number of benzene rings is 1. The van der Waals surface area contributed by atoms with Crippen LogP contribution in [0.1, 0.15) is 27.4 Å². The lowest BCUT2D eigenvalue weighted by Gasteiger charge is -2.20. The molecule has 98 valence electrons. The largest absolute Gasteiger partial charge is 0.351 e. The van der Waals surface area contributed by atoms with Crippen molar-refractivity contribution in [1.29, 1.82) is 0 Å². The fraction of sp³-hybridized carbons (Fsp3) is 0.286. The molecule has 5 heteroatoms. The van der Waals surface area contributed by atoms with Crippen LogP contribution in [0.3, 0.4) is 0 Å². The van der Waals surface area contributed by atoms with E-state index in [1.54, 1.807) is 13.0 Å². The lowest BCUT2D eigenvalue weighted by molar-refractivity contribution is 0.0987. The summed E-state index contributed by atoms with van der Waals surface area (Å²) in [5.41, 5.74) is 3.97. The minimum atomic E-state index is -0.264. The molecule has 1 amide bonds. The van der Waals surface area contributed by atoms with E-state index in [1.807, 2.05) is 12.1 Å². The number of carbonyl (C=O) groups is 1. The van der Waals surface area contributed by atoms with E-state index in [2.05, 4.69) is 21.9 Å². The van der Waals surface area contributed by atoms with E-state index in [0.29, 0.717) is 5.69 Å². The van der Waals surface area contributed by atoms with E-state index >= 15 is 0 Å². The zero-order valence-corrected chi connectivity index (χ0v) is 10.7. The summed E-state index contributed by atoms with van der Waals surface area (Å²) < 4.78 is 4.96. The fourth-order valence-corrected chi connectivity index (χ4v) is 2.29. The SMILES string of the molecule is Cc1cc(C(=O)Nc2cccc3c2CNCC3)on1. The molecule has 0 unspecified atom stereocenters. The van der Waals surface area contributed by atoms with E-state index in [1.165, 1.54) is 5.56 Å². The van der Waals surface area contributed by atoms with Gasteiger partial charge in [0.25, 0.3) is 5.91 Å². The van der Waals surface area contributed by atoms with Gasteiger partial charge >= 0.3 is 0 Å². The summed E-state index contributed by atoms with van der Waals surface area (Å²) in [7, 11) is 0. The Morgan fingerprint density at radius 3 is 3.16 bits per heavy atom. The Kier molecular flexibility index (Phi) is 3.05. The molecule has 1 aromatic carbocycles. The number of hydrogen-bond acceptors (Lipinski definition) is 4. The van der Waals surface area contributed by atoms with Gasteiger partial charge in [0.05, 0.1) is 5.69 Å². The van der Waals surface area contributed by atoms with Crippen molar-refractivity contribution in [3.8, 4) is 0 Å². The zero-order valence-electron chi connectivity index (χ0n) is 10.7. The molecule has 0 saturated heterocycles. The molecule has 1 aromatic heterocycles. The van der Waals surface area contributed by atoms with Gasteiger partial charge in [-0.25, -0.2) is 0 Å². The molecule has 0 fully saturated rings. The number of rotatable bonds is 2. The second kappa shape index (κ2) is 4.85. The average molecular weight is 257 g/mol. The molecular formula is C14H15N3O2.